The van der Waals surface area contributed by atoms with Crippen LogP contribution in [0.4, 0.5) is 4.39 Å². The van der Waals surface area contributed by atoms with Crippen LogP contribution >= 0.6 is 15.9 Å². The van der Waals surface area contributed by atoms with E-state index in [9.17, 15) is 9.50 Å². The number of nitrogens with zero attached hydrogens (tertiary/aromatic N) is 1. The predicted molar refractivity (Wildman–Crippen MR) is 73.9 cm³/mol. The summed E-state index contributed by atoms with van der Waals surface area (Å²) in [5, 5.41) is 10.6. The van der Waals surface area contributed by atoms with Gasteiger partial charge in [0, 0.05) is 5.56 Å². The molecule has 0 spiro atoms. The first-order valence-corrected chi connectivity index (χ1v) is 7.08. The molecular formula is C14H19BrFNO. The average molecular weight is 316 g/mol. The van der Waals surface area contributed by atoms with E-state index in [1.165, 1.54) is 0 Å². The Morgan fingerprint density at radius 3 is 2.50 bits per heavy atom. The van der Waals surface area contributed by atoms with E-state index < -0.39 is 6.10 Å². The number of benzene rings is 1. The first-order valence-electron chi connectivity index (χ1n) is 6.28. The minimum atomic E-state index is -0.785. The van der Waals surface area contributed by atoms with Crippen LogP contribution in [-0.4, -0.2) is 29.6 Å². The van der Waals surface area contributed by atoms with Crippen molar-refractivity contribution in [2.75, 3.05) is 14.1 Å². The molecule has 0 radical (unpaired) electrons. The highest BCUT2D eigenvalue weighted by Crippen LogP contribution is 2.44. The van der Waals surface area contributed by atoms with Crippen LogP contribution in [-0.2, 0) is 0 Å². The number of rotatable bonds is 3. The predicted octanol–water partition coefficient (Wildman–Crippen LogP) is 3.50. The molecule has 1 fully saturated rings. The van der Waals surface area contributed by atoms with Crippen LogP contribution in [0.15, 0.2) is 22.7 Å². The van der Waals surface area contributed by atoms with Gasteiger partial charge in [-0.1, -0.05) is 25.0 Å². The van der Waals surface area contributed by atoms with Crippen molar-refractivity contribution in [3.05, 3.63) is 34.1 Å². The van der Waals surface area contributed by atoms with Crippen LogP contribution in [0.2, 0.25) is 0 Å². The first kappa shape index (κ1) is 14.0. The number of aliphatic hydroxyl groups is 1. The quantitative estimate of drug-likeness (QED) is 0.923. The Morgan fingerprint density at radius 1 is 1.33 bits per heavy atom. The molecule has 1 aliphatic carbocycles. The van der Waals surface area contributed by atoms with E-state index in [2.05, 4.69) is 15.9 Å². The molecule has 1 N–H and O–H groups in total. The highest BCUT2D eigenvalue weighted by Gasteiger charge is 2.44. The smallest absolute Gasteiger partial charge is 0.143 e. The van der Waals surface area contributed by atoms with Crippen LogP contribution in [0.3, 0.4) is 0 Å². The van der Waals surface area contributed by atoms with Crippen LogP contribution in [0, 0.1) is 5.82 Å². The largest absolute Gasteiger partial charge is 0.386 e. The lowest BCUT2D eigenvalue weighted by atomic mass is 9.84. The third-order valence-electron chi connectivity index (χ3n) is 4.15. The van der Waals surface area contributed by atoms with Crippen LogP contribution in [0.5, 0.6) is 0 Å². The monoisotopic (exact) mass is 315 g/mol. The fraction of sp³-hybridized carbons (Fsp3) is 0.571. The van der Waals surface area contributed by atoms with Crippen LogP contribution in [0.1, 0.15) is 37.4 Å². The summed E-state index contributed by atoms with van der Waals surface area (Å²) < 4.78 is 14.5. The van der Waals surface area contributed by atoms with E-state index in [-0.39, 0.29) is 11.4 Å². The van der Waals surface area contributed by atoms with Gasteiger partial charge < -0.3 is 10.0 Å². The molecule has 0 aromatic heterocycles. The van der Waals surface area contributed by atoms with Gasteiger partial charge in [0.25, 0.3) is 0 Å². The summed E-state index contributed by atoms with van der Waals surface area (Å²) in [7, 11) is 3.93. The maximum atomic E-state index is 14.1. The third-order valence-corrected chi connectivity index (χ3v) is 4.76. The SMILES string of the molecule is CN(C)C1(C(O)c2cccc(Br)c2F)CCCC1. The van der Waals surface area contributed by atoms with Crippen molar-refractivity contribution in [1.29, 1.82) is 0 Å². The molecule has 1 aromatic carbocycles. The van der Waals surface area contributed by atoms with E-state index in [0.717, 1.165) is 25.7 Å². The summed E-state index contributed by atoms with van der Waals surface area (Å²) in [5.41, 5.74) is 0.0572. The normalized spacial score (nSPS) is 20.3. The van der Waals surface area contributed by atoms with Gasteiger partial charge in [-0.25, -0.2) is 4.39 Å². The maximum Gasteiger partial charge on any atom is 0.143 e. The van der Waals surface area contributed by atoms with Crippen molar-refractivity contribution in [1.82, 2.24) is 4.90 Å². The van der Waals surface area contributed by atoms with Crippen molar-refractivity contribution in [2.45, 2.75) is 37.3 Å². The van der Waals surface area contributed by atoms with Gasteiger partial charge in [0.15, 0.2) is 0 Å². The molecule has 1 saturated carbocycles. The summed E-state index contributed by atoms with van der Waals surface area (Å²) in [5.74, 6) is -0.349. The molecule has 18 heavy (non-hydrogen) atoms. The Morgan fingerprint density at radius 2 is 1.94 bits per heavy atom. The summed E-state index contributed by atoms with van der Waals surface area (Å²) >= 11 is 3.18. The summed E-state index contributed by atoms with van der Waals surface area (Å²) in [6.45, 7) is 0. The zero-order valence-corrected chi connectivity index (χ0v) is 12.4. The minimum Gasteiger partial charge on any atom is -0.386 e. The highest BCUT2D eigenvalue weighted by atomic mass is 79.9. The van der Waals surface area contributed by atoms with Crippen LogP contribution < -0.4 is 0 Å². The Kier molecular flexibility index (Phi) is 4.09. The lowest BCUT2D eigenvalue weighted by Crippen LogP contribution is -2.47. The molecule has 0 aliphatic heterocycles. The van der Waals surface area contributed by atoms with Gasteiger partial charge in [-0.3, -0.25) is 0 Å². The Bertz CT molecular complexity index is 430. The molecule has 2 rings (SSSR count). The van der Waals surface area contributed by atoms with E-state index in [4.69, 9.17) is 0 Å². The Hall–Kier alpha value is -0.450. The second kappa shape index (κ2) is 5.27. The fourth-order valence-corrected chi connectivity index (χ4v) is 3.36. The summed E-state index contributed by atoms with van der Waals surface area (Å²) in [6.07, 6.45) is 3.21. The van der Waals surface area contributed by atoms with E-state index in [1.54, 1.807) is 18.2 Å². The van der Waals surface area contributed by atoms with Gasteiger partial charge in [0.2, 0.25) is 0 Å². The topological polar surface area (TPSA) is 23.5 Å². The molecule has 0 heterocycles. The molecule has 0 amide bonds. The van der Waals surface area contributed by atoms with Gasteiger partial charge in [-0.2, -0.15) is 0 Å². The average Bonchev–Trinajstić information content (AvgIpc) is 2.82. The fourth-order valence-electron chi connectivity index (χ4n) is 2.97. The second-order valence-corrected chi connectivity index (χ2v) is 6.11. The van der Waals surface area contributed by atoms with Gasteiger partial charge in [0.1, 0.15) is 11.9 Å². The number of halogens is 2. The number of likely N-dealkylation sites (N-methyl/N-ethyl adjacent to an activating group) is 1. The van der Waals surface area contributed by atoms with E-state index >= 15 is 0 Å². The number of hydrogen-bond acceptors (Lipinski definition) is 2. The van der Waals surface area contributed by atoms with Crippen molar-refractivity contribution >= 4 is 15.9 Å². The van der Waals surface area contributed by atoms with Crippen molar-refractivity contribution < 1.29 is 9.50 Å². The molecular weight excluding hydrogens is 297 g/mol. The molecule has 4 heteroatoms. The van der Waals surface area contributed by atoms with Crippen molar-refractivity contribution in [3.8, 4) is 0 Å². The van der Waals surface area contributed by atoms with Crippen molar-refractivity contribution in [2.24, 2.45) is 0 Å². The number of hydrogen-bond donors (Lipinski definition) is 1. The molecule has 1 aliphatic rings. The maximum absolute atomic E-state index is 14.1. The third kappa shape index (κ3) is 2.22. The van der Waals surface area contributed by atoms with Gasteiger partial charge in [0.05, 0.1) is 10.0 Å². The lowest BCUT2D eigenvalue weighted by Gasteiger charge is -2.40. The van der Waals surface area contributed by atoms with Gasteiger partial charge in [-0.15, -0.1) is 0 Å². The first-order chi connectivity index (χ1) is 8.49. The van der Waals surface area contributed by atoms with E-state index in [0.29, 0.717) is 10.0 Å². The highest BCUT2D eigenvalue weighted by molar-refractivity contribution is 9.10. The van der Waals surface area contributed by atoms with Crippen LogP contribution in [0.25, 0.3) is 0 Å². The molecule has 2 nitrogen and oxygen atoms in total. The molecule has 100 valence electrons. The molecule has 0 bridgehead atoms. The minimum absolute atomic E-state index is 0.332. The molecule has 1 unspecified atom stereocenters. The Balaban J connectivity index is 2.40. The summed E-state index contributed by atoms with van der Waals surface area (Å²) in [6, 6.07) is 5.10. The van der Waals surface area contributed by atoms with E-state index in [1.807, 2.05) is 19.0 Å². The second-order valence-electron chi connectivity index (χ2n) is 5.25. The zero-order chi connectivity index (χ0) is 13.3. The molecule has 0 saturated heterocycles. The molecule has 1 aromatic rings. The lowest BCUT2D eigenvalue weighted by molar-refractivity contribution is -0.00679. The standard InChI is InChI=1S/C14H19BrFNO/c1-17(2)14(8-3-4-9-14)13(18)10-6-5-7-11(15)12(10)16/h5-7,13,18H,3-4,8-9H2,1-2H3. The van der Waals surface area contributed by atoms with Gasteiger partial charge in [-0.05, 0) is 48.9 Å². The summed E-state index contributed by atoms with van der Waals surface area (Å²) in [4.78, 5) is 2.05. The number of aliphatic hydroxyl groups excluding tert-OH is 1. The Labute approximate surface area is 116 Å². The zero-order valence-electron chi connectivity index (χ0n) is 10.8. The molecule has 1 atom stereocenters. The van der Waals surface area contributed by atoms with Gasteiger partial charge >= 0.3 is 0 Å². The van der Waals surface area contributed by atoms with Crippen molar-refractivity contribution in [3.63, 3.8) is 0 Å².